The lowest BCUT2D eigenvalue weighted by atomic mass is 9.94. The van der Waals surface area contributed by atoms with Gasteiger partial charge in [0, 0.05) is 0 Å². The van der Waals surface area contributed by atoms with Crippen LogP contribution in [0.2, 0.25) is 0 Å². The van der Waals surface area contributed by atoms with Gasteiger partial charge in [0.25, 0.3) is 0 Å². The van der Waals surface area contributed by atoms with Crippen LogP contribution in [0.5, 0.6) is 0 Å². The minimum absolute atomic E-state index is 0.0702. The minimum atomic E-state index is -3.63. The molecule has 0 aliphatic heterocycles. The van der Waals surface area contributed by atoms with Crippen LogP contribution in [0.4, 0.5) is 0 Å². The van der Waals surface area contributed by atoms with E-state index in [1.807, 2.05) is 6.92 Å². The Kier molecular flexibility index (Phi) is 5.08. The molecule has 0 saturated carbocycles. The molecule has 0 heterocycles. The van der Waals surface area contributed by atoms with Gasteiger partial charge in [-0.25, -0.2) is 13.2 Å². The number of carboxylic acids is 1. The standard InChI is InChI=1S/C13H19NO4S/c1-3-4-10-19(17,18)14-13(2,12(15)16)11-8-6-5-7-9-11/h5-9,14H,3-4,10H2,1-2H3,(H,15,16). The summed E-state index contributed by atoms with van der Waals surface area (Å²) in [4.78, 5) is 11.4. The van der Waals surface area contributed by atoms with Crippen molar-refractivity contribution in [3.8, 4) is 0 Å². The molecule has 0 spiro atoms. The quantitative estimate of drug-likeness (QED) is 0.798. The van der Waals surface area contributed by atoms with E-state index in [4.69, 9.17) is 0 Å². The molecule has 0 bridgehead atoms. The summed E-state index contributed by atoms with van der Waals surface area (Å²) in [5.41, 5.74) is -1.24. The fourth-order valence-corrected chi connectivity index (χ4v) is 3.29. The summed E-state index contributed by atoms with van der Waals surface area (Å²) in [5.74, 6) is -1.29. The zero-order valence-corrected chi connectivity index (χ0v) is 11.9. The van der Waals surface area contributed by atoms with Crippen molar-refractivity contribution in [1.29, 1.82) is 0 Å². The number of nitrogens with one attached hydrogen (secondary N) is 1. The maximum Gasteiger partial charge on any atom is 0.329 e. The van der Waals surface area contributed by atoms with E-state index in [9.17, 15) is 18.3 Å². The molecule has 2 N–H and O–H groups in total. The van der Waals surface area contributed by atoms with Crippen LogP contribution in [0, 0.1) is 0 Å². The number of aliphatic carboxylic acids is 1. The molecular weight excluding hydrogens is 266 g/mol. The van der Waals surface area contributed by atoms with E-state index in [2.05, 4.69) is 4.72 Å². The van der Waals surface area contributed by atoms with E-state index in [1.54, 1.807) is 30.3 Å². The summed E-state index contributed by atoms with van der Waals surface area (Å²) in [6, 6.07) is 8.29. The number of carboxylic acid groups (broad SMARTS) is 1. The summed E-state index contributed by atoms with van der Waals surface area (Å²) < 4.78 is 26.1. The van der Waals surface area contributed by atoms with Gasteiger partial charge in [0.2, 0.25) is 10.0 Å². The molecule has 6 heteroatoms. The Morgan fingerprint density at radius 1 is 1.32 bits per heavy atom. The van der Waals surface area contributed by atoms with Gasteiger partial charge in [-0.05, 0) is 18.9 Å². The molecule has 5 nitrogen and oxygen atoms in total. The average Bonchev–Trinajstić information content (AvgIpc) is 2.36. The topological polar surface area (TPSA) is 83.5 Å². The Bertz CT molecular complexity index is 527. The number of rotatable bonds is 7. The molecule has 1 aromatic carbocycles. The number of unbranched alkanes of at least 4 members (excludes halogenated alkanes) is 1. The van der Waals surface area contributed by atoms with Gasteiger partial charge in [0.1, 0.15) is 0 Å². The highest BCUT2D eigenvalue weighted by molar-refractivity contribution is 7.89. The van der Waals surface area contributed by atoms with Crippen LogP contribution in [-0.2, 0) is 20.4 Å². The van der Waals surface area contributed by atoms with Crippen molar-refractivity contribution in [2.24, 2.45) is 0 Å². The van der Waals surface area contributed by atoms with E-state index in [0.29, 0.717) is 12.0 Å². The van der Waals surface area contributed by atoms with Crippen molar-refractivity contribution in [3.63, 3.8) is 0 Å². The highest BCUT2D eigenvalue weighted by Crippen LogP contribution is 2.22. The van der Waals surface area contributed by atoms with Crippen molar-refractivity contribution in [1.82, 2.24) is 4.72 Å². The Morgan fingerprint density at radius 2 is 1.89 bits per heavy atom. The van der Waals surface area contributed by atoms with Gasteiger partial charge in [-0.2, -0.15) is 4.72 Å². The Labute approximate surface area is 113 Å². The number of hydrogen-bond acceptors (Lipinski definition) is 3. The van der Waals surface area contributed by atoms with E-state index < -0.39 is 21.5 Å². The maximum absolute atomic E-state index is 11.9. The third-order valence-electron chi connectivity index (χ3n) is 2.91. The first-order chi connectivity index (χ1) is 8.82. The van der Waals surface area contributed by atoms with Gasteiger partial charge >= 0.3 is 5.97 Å². The molecule has 19 heavy (non-hydrogen) atoms. The molecule has 0 saturated heterocycles. The van der Waals surface area contributed by atoms with Crippen LogP contribution in [0.15, 0.2) is 30.3 Å². The molecule has 0 amide bonds. The van der Waals surface area contributed by atoms with Crippen molar-refractivity contribution >= 4 is 16.0 Å². The molecule has 0 aliphatic carbocycles. The molecule has 1 atom stereocenters. The van der Waals surface area contributed by atoms with Gasteiger partial charge < -0.3 is 5.11 Å². The lowest BCUT2D eigenvalue weighted by Gasteiger charge is -2.26. The summed E-state index contributed by atoms with van der Waals surface area (Å²) in [7, 11) is -3.63. The van der Waals surface area contributed by atoms with Crippen LogP contribution in [-0.4, -0.2) is 25.2 Å². The lowest BCUT2D eigenvalue weighted by molar-refractivity contribution is -0.143. The highest BCUT2D eigenvalue weighted by Gasteiger charge is 2.38. The fraction of sp³-hybridized carbons (Fsp3) is 0.462. The Morgan fingerprint density at radius 3 is 2.37 bits per heavy atom. The van der Waals surface area contributed by atoms with Crippen molar-refractivity contribution in [3.05, 3.63) is 35.9 Å². The summed E-state index contributed by atoms with van der Waals surface area (Å²) in [5, 5.41) is 9.35. The number of carbonyl (C=O) groups is 1. The molecule has 0 fully saturated rings. The monoisotopic (exact) mass is 285 g/mol. The molecular formula is C13H19NO4S. The maximum atomic E-state index is 11.9. The van der Waals surface area contributed by atoms with Crippen LogP contribution in [0.3, 0.4) is 0 Å². The summed E-state index contributed by atoms with van der Waals surface area (Å²) >= 11 is 0. The SMILES string of the molecule is CCCCS(=O)(=O)NC(C)(C(=O)O)c1ccccc1. The molecule has 0 aromatic heterocycles. The van der Waals surface area contributed by atoms with E-state index >= 15 is 0 Å². The second-order valence-electron chi connectivity index (χ2n) is 4.57. The van der Waals surface area contributed by atoms with E-state index in [0.717, 1.165) is 6.42 Å². The molecule has 106 valence electrons. The molecule has 1 rings (SSSR count). The van der Waals surface area contributed by atoms with Gasteiger partial charge in [-0.15, -0.1) is 0 Å². The number of benzene rings is 1. The Hall–Kier alpha value is -1.40. The predicted octanol–water partition coefficient (Wildman–Crippen LogP) is 1.71. The van der Waals surface area contributed by atoms with E-state index in [1.165, 1.54) is 6.92 Å². The first kappa shape index (κ1) is 15.7. The van der Waals surface area contributed by atoms with Gasteiger partial charge in [-0.1, -0.05) is 43.7 Å². The smallest absolute Gasteiger partial charge is 0.329 e. The van der Waals surface area contributed by atoms with Crippen LogP contribution in [0.1, 0.15) is 32.3 Å². The largest absolute Gasteiger partial charge is 0.480 e. The first-order valence-electron chi connectivity index (χ1n) is 6.12. The zero-order chi connectivity index (χ0) is 14.5. The zero-order valence-electron chi connectivity index (χ0n) is 11.1. The van der Waals surface area contributed by atoms with Crippen molar-refractivity contribution in [2.75, 3.05) is 5.75 Å². The number of hydrogen-bond donors (Lipinski definition) is 2. The summed E-state index contributed by atoms with van der Waals surface area (Å²) in [6.45, 7) is 3.23. The van der Waals surface area contributed by atoms with Crippen LogP contribution in [0.25, 0.3) is 0 Å². The molecule has 0 radical (unpaired) electrons. The minimum Gasteiger partial charge on any atom is -0.480 e. The predicted molar refractivity (Wildman–Crippen MR) is 73.3 cm³/mol. The first-order valence-corrected chi connectivity index (χ1v) is 7.77. The molecule has 1 unspecified atom stereocenters. The van der Waals surface area contributed by atoms with E-state index in [-0.39, 0.29) is 5.75 Å². The van der Waals surface area contributed by atoms with Crippen LogP contribution >= 0.6 is 0 Å². The normalized spacial score (nSPS) is 14.8. The van der Waals surface area contributed by atoms with Gasteiger partial charge in [0.15, 0.2) is 5.54 Å². The van der Waals surface area contributed by atoms with Crippen LogP contribution < -0.4 is 4.72 Å². The third kappa shape index (κ3) is 4.04. The van der Waals surface area contributed by atoms with Crippen molar-refractivity contribution < 1.29 is 18.3 Å². The second-order valence-corrected chi connectivity index (χ2v) is 6.41. The lowest BCUT2D eigenvalue weighted by Crippen LogP contribution is -2.50. The fourth-order valence-electron chi connectivity index (χ4n) is 1.69. The van der Waals surface area contributed by atoms with Crippen molar-refractivity contribution in [2.45, 2.75) is 32.2 Å². The summed E-state index contributed by atoms with van der Waals surface area (Å²) in [6.07, 6.45) is 1.23. The Balaban J connectivity index is 3.06. The second kappa shape index (κ2) is 6.16. The van der Waals surface area contributed by atoms with Gasteiger partial charge in [0.05, 0.1) is 5.75 Å². The number of sulfonamides is 1. The third-order valence-corrected chi connectivity index (χ3v) is 4.45. The van der Waals surface area contributed by atoms with Gasteiger partial charge in [-0.3, -0.25) is 0 Å². The molecule has 1 aromatic rings. The molecule has 0 aliphatic rings. The average molecular weight is 285 g/mol. The highest BCUT2D eigenvalue weighted by atomic mass is 32.2.